The molecule has 0 amide bonds. The van der Waals surface area contributed by atoms with E-state index in [9.17, 15) is 14.0 Å². The fraction of sp³-hybridized carbons (Fsp3) is 0.179. The third-order valence-corrected chi connectivity index (χ3v) is 7.00. The van der Waals surface area contributed by atoms with Crippen molar-refractivity contribution in [1.82, 2.24) is 9.97 Å². The number of para-hydroxylation sites is 1. The van der Waals surface area contributed by atoms with E-state index in [4.69, 9.17) is 4.98 Å². The highest BCUT2D eigenvalue weighted by Crippen LogP contribution is 2.33. The van der Waals surface area contributed by atoms with Gasteiger partial charge in [-0.3, -0.25) is 0 Å². The molecule has 3 aromatic carbocycles. The standard InChI is InChI=1S/C28H23F2N5S/c29-22-10-6-20(7-11-22)19-36-28-32-26(21-8-12-23(30)13-9-21)25(18-31)27(33-28)35-16-14-34(15-17-35)24-4-2-1-3-5-24/h1-13H,14-17,19H2. The van der Waals surface area contributed by atoms with Gasteiger partial charge in [0.1, 0.15) is 23.3 Å². The molecule has 5 rings (SSSR count). The molecule has 0 saturated carbocycles. The van der Waals surface area contributed by atoms with E-state index in [1.807, 2.05) is 18.2 Å². The topological polar surface area (TPSA) is 56.1 Å². The van der Waals surface area contributed by atoms with Gasteiger partial charge < -0.3 is 9.80 Å². The van der Waals surface area contributed by atoms with E-state index in [0.29, 0.717) is 46.6 Å². The molecule has 8 heteroatoms. The second-order valence-corrected chi connectivity index (χ2v) is 9.34. The van der Waals surface area contributed by atoms with Crippen molar-refractivity contribution in [3.05, 3.63) is 102 Å². The van der Waals surface area contributed by atoms with Crippen LogP contribution in [0.15, 0.2) is 84.0 Å². The largest absolute Gasteiger partial charge is 0.368 e. The van der Waals surface area contributed by atoms with Crippen LogP contribution in [0.5, 0.6) is 0 Å². The maximum Gasteiger partial charge on any atom is 0.190 e. The van der Waals surface area contributed by atoms with Crippen LogP contribution in [-0.4, -0.2) is 36.1 Å². The van der Waals surface area contributed by atoms with Crippen molar-refractivity contribution in [3.8, 4) is 17.3 Å². The number of hydrogen-bond donors (Lipinski definition) is 0. The first-order valence-corrected chi connectivity index (χ1v) is 12.6. The van der Waals surface area contributed by atoms with Crippen LogP contribution >= 0.6 is 11.8 Å². The molecule has 1 fully saturated rings. The number of piperazine rings is 1. The van der Waals surface area contributed by atoms with Gasteiger partial charge in [-0.2, -0.15) is 5.26 Å². The second kappa shape index (κ2) is 10.8. The lowest BCUT2D eigenvalue weighted by Crippen LogP contribution is -2.47. The lowest BCUT2D eigenvalue weighted by molar-refractivity contribution is 0.627. The summed E-state index contributed by atoms with van der Waals surface area (Å²) in [5.74, 6) is 0.500. The molecular formula is C28H23F2N5S. The molecule has 1 aromatic heterocycles. The molecule has 1 saturated heterocycles. The molecule has 4 aromatic rings. The molecule has 0 atom stereocenters. The van der Waals surface area contributed by atoms with Gasteiger partial charge >= 0.3 is 0 Å². The van der Waals surface area contributed by atoms with E-state index in [1.165, 1.54) is 41.7 Å². The van der Waals surface area contributed by atoms with Gasteiger partial charge in [-0.05, 0) is 54.1 Å². The summed E-state index contributed by atoms with van der Waals surface area (Å²) >= 11 is 1.42. The highest BCUT2D eigenvalue weighted by atomic mass is 32.2. The van der Waals surface area contributed by atoms with Gasteiger partial charge in [0.05, 0.1) is 5.69 Å². The van der Waals surface area contributed by atoms with Gasteiger partial charge in [0.2, 0.25) is 0 Å². The van der Waals surface area contributed by atoms with Gasteiger partial charge in [0, 0.05) is 43.2 Å². The lowest BCUT2D eigenvalue weighted by Gasteiger charge is -2.37. The number of hydrogen-bond acceptors (Lipinski definition) is 6. The molecular weight excluding hydrogens is 476 g/mol. The van der Waals surface area contributed by atoms with E-state index < -0.39 is 0 Å². The Balaban J connectivity index is 1.46. The first-order chi connectivity index (χ1) is 17.6. The number of nitrogens with zero attached hydrogens (tertiary/aromatic N) is 5. The quantitative estimate of drug-likeness (QED) is 0.243. The Morgan fingerprint density at radius 2 is 1.39 bits per heavy atom. The van der Waals surface area contributed by atoms with E-state index in [-0.39, 0.29) is 11.6 Å². The predicted octanol–water partition coefficient (Wildman–Crippen LogP) is 5.91. The minimum atomic E-state index is -0.352. The molecule has 0 aliphatic carbocycles. The van der Waals surface area contributed by atoms with Crippen LogP contribution in [0.2, 0.25) is 0 Å². The fourth-order valence-corrected chi connectivity index (χ4v) is 4.98. The van der Waals surface area contributed by atoms with E-state index >= 15 is 0 Å². The first kappa shape index (κ1) is 23.8. The second-order valence-electron chi connectivity index (χ2n) is 8.40. The summed E-state index contributed by atoms with van der Waals surface area (Å²) in [6.07, 6.45) is 0. The van der Waals surface area contributed by atoms with Crippen molar-refractivity contribution in [3.63, 3.8) is 0 Å². The van der Waals surface area contributed by atoms with Gasteiger partial charge in [0.25, 0.3) is 0 Å². The molecule has 0 N–H and O–H groups in total. The Bertz CT molecular complexity index is 1360. The van der Waals surface area contributed by atoms with E-state index in [0.717, 1.165) is 18.7 Å². The zero-order chi connectivity index (χ0) is 24.9. The van der Waals surface area contributed by atoms with Gasteiger partial charge in [-0.1, -0.05) is 42.1 Å². The Morgan fingerprint density at radius 3 is 2.03 bits per heavy atom. The molecule has 0 spiro atoms. The Hall–Kier alpha value is -3.96. The van der Waals surface area contributed by atoms with Crippen molar-refractivity contribution < 1.29 is 8.78 Å². The van der Waals surface area contributed by atoms with Crippen LogP contribution < -0.4 is 9.80 Å². The summed E-state index contributed by atoms with van der Waals surface area (Å²) in [5.41, 5.74) is 3.62. The lowest BCUT2D eigenvalue weighted by atomic mass is 10.1. The third-order valence-electron chi connectivity index (χ3n) is 6.08. The maximum atomic E-state index is 13.6. The maximum absolute atomic E-state index is 13.6. The predicted molar refractivity (Wildman–Crippen MR) is 139 cm³/mol. The SMILES string of the molecule is N#Cc1c(-c2ccc(F)cc2)nc(SCc2ccc(F)cc2)nc1N1CCN(c2ccccc2)CC1. The molecule has 0 bridgehead atoms. The van der Waals surface area contributed by atoms with Crippen molar-refractivity contribution in [2.75, 3.05) is 36.0 Å². The molecule has 180 valence electrons. The number of halogens is 2. The number of benzene rings is 3. The van der Waals surface area contributed by atoms with Crippen LogP contribution in [0.4, 0.5) is 20.3 Å². The zero-order valence-electron chi connectivity index (χ0n) is 19.4. The molecule has 0 radical (unpaired) electrons. The van der Waals surface area contributed by atoms with E-state index in [2.05, 4.69) is 33.0 Å². The molecule has 1 aliphatic rings. The number of anilines is 2. The highest BCUT2D eigenvalue weighted by Gasteiger charge is 2.25. The number of aromatic nitrogens is 2. The Morgan fingerprint density at radius 1 is 0.778 bits per heavy atom. The van der Waals surface area contributed by atoms with Crippen LogP contribution in [0, 0.1) is 23.0 Å². The first-order valence-electron chi connectivity index (χ1n) is 11.6. The number of thioether (sulfide) groups is 1. The van der Waals surface area contributed by atoms with Crippen molar-refractivity contribution in [2.24, 2.45) is 0 Å². The average Bonchev–Trinajstić information content (AvgIpc) is 2.93. The monoisotopic (exact) mass is 499 g/mol. The average molecular weight is 500 g/mol. The van der Waals surface area contributed by atoms with Crippen molar-refractivity contribution in [1.29, 1.82) is 5.26 Å². The smallest absolute Gasteiger partial charge is 0.190 e. The van der Waals surface area contributed by atoms with Gasteiger partial charge in [-0.15, -0.1) is 0 Å². The highest BCUT2D eigenvalue weighted by molar-refractivity contribution is 7.98. The molecule has 1 aliphatic heterocycles. The summed E-state index contributed by atoms with van der Waals surface area (Å²) in [6.45, 7) is 2.99. The van der Waals surface area contributed by atoms with Gasteiger partial charge in [0.15, 0.2) is 11.0 Å². The Kier molecular flexibility index (Phi) is 7.10. The van der Waals surface area contributed by atoms with E-state index in [1.54, 1.807) is 24.3 Å². The van der Waals surface area contributed by atoms with Crippen LogP contribution in [0.3, 0.4) is 0 Å². The van der Waals surface area contributed by atoms with Crippen LogP contribution in [0.25, 0.3) is 11.3 Å². The minimum absolute atomic E-state index is 0.283. The molecule has 2 heterocycles. The summed E-state index contributed by atoms with van der Waals surface area (Å²) in [6, 6.07) is 24.9. The van der Waals surface area contributed by atoms with Crippen molar-refractivity contribution in [2.45, 2.75) is 10.9 Å². The third kappa shape index (κ3) is 5.31. The zero-order valence-corrected chi connectivity index (χ0v) is 20.3. The summed E-state index contributed by atoms with van der Waals surface area (Å²) in [5, 5.41) is 10.6. The summed E-state index contributed by atoms with van der Waals surface area (Å²) in [7, 11) is 0. The van der Waals surface area contributed by atoms with Crippen LogP contribution in [-0.2, 0) is 5.75 Å². The molecule has 0 unspecified atom stereocenters. The Labute approximate surface area is 213 Å². The minimum Gasteiger partial charge on any atom is -0.368 e. The summed E-state index contributed by atoms with van der Waals surface area (Å²) < 4.78 is 26.9. The number of rotatable bonds is 6. The fourth-order valence-electron chi connectivity index (χ4n) is 4.19. The summed E-state index contributed by atoms with van der Waals surface area (Å²) in [4.78, 5) is 13.9. The van der Waals surface area contributed by atoms with Crippen LogP contribution in [0.1, 0.15) is 11.1 Å². The van der Waals surface area contributed by atoms with Crippen molar-refractivity contribution >= 4 is 23.3 Å². The number of nitriles is 1. The molecule has 5 nitrogen and oxygen atoms in total. The normalized spacial score (nSPS) is 13.5. The van der Waals surface area contributed by atoms with Gasteiger partial charge in [-0.25, -0.2) is 18.7 Å². The molecule has 36 heavy (non-hydrogen) atoms.